The number of ether oxygens (including phenoxy) is 1. The quantitative estimate of drug-likeness (QED) is 0.696. The maximum absolute atomic E-state index is 10.4. The van der Waals surface area contributed by atoms with Crippen molar-refractivity contribution in [1.29, 1.82) is 0 Å². The standard InChI is InChI=1S/C14H24N2O2/c1-4-7-15-8-6-14(3,17)12-9-13(18-5-2)11-16-10-12/h9-11,15,17H,4-8H2,1-3H3. The second kappa shape index (κ2) is 7.34. The second-order valence-electron chi connectivity index (χ2n) is 4.62. The lowest BCUT2D eigenvalue weighted by Crippen LogP contribution is -2.28. The predicted octanol–water partition coefficient (Wildman–Crippen LogP) is 2.08. The largest absolute Gasteiger partial charge is 0.492 e. The maximum Gasteiger partial charge on any atom is 0.137 e. The summed E-state index contributed by atoms with van der Waals surface area (Å²) >= 11 is 0. The van der Waals surface area contributed by atoms with Gasteiger partial charge in [-0.1, -0.05) is 6.92 Å². The smallest absolute Gasteiger partial charge is 0.137 e. The number of rotatable bonds is 8. The van der Waals surface area contributed by atoms with Crippen molar-refractivity contribution in [3.63, 3.8) is 0 Å². The van der Waals surface area contributed by atoms with E-state index in [2.05, 4.69) is 17.2 Å². The molecule has 2 N–H and O–H groups in total. The molecule has 0 radical (unpaired) electrons. The van der Waals surface area contributed by atoms with E-state index < -0.39 is 5.60 Å². The molecular formula is C14H24N2O2. The van der Waals surface area contributed by atoms with Gasteiger partial charge in [0.25, 0.3) is 0 Å². The van der Waals surface area contributed by atoms with E-state index in [1.54, 1.807) is 12.4 Å². The summed E-state index contributed by atoms with van der Waals surface area (Å²) in [5.41, 5.74) is -0.0762. The van der Waals surface area contributed by atoms with Crippen LogP contribution in [-0.2, 0) is 5.60 Å². The zero-order chi connectivity index (χ0) is 13.4. The van der Waals surface area contributed by atoms with Crippen molar-refractivity contribution in [3.05, 3.63) is 24.0 Å². The van der Waals surface area contributed by atoms with Gasteiger partial charge in [0.15, 0.2) is 0 Å². The first-order valence-corrected chi connectivity index (χ1v) is 6.61. The summed E-state index contributed by atoms with van der Waals surface area (Å²) in [4.78, 5) is 4.11. The lowest BCUT2D eigenvalue weighted by atomic mass is 9.94. The highest BCUT2D eigenvalue weighted by Gasteiger charge is 2.23. The SMILES string of the molecule is CCCNCCC(C)(O)c1cncc(OCC)c1. The topological polar surface area (TPSA) is 54.4 Å². The fraction of sp³-hybridized carbons (Fsp3) is 0.643. The first kappa shape index (κ1) is 14.9. The molecule has 1 heterocycles. The van der Waals surface area contributed by atoms with Crippen LogP contribution in [0.15, 0.2) is 18.5 Å². The van der Waals surface area contributed by atoms with Crippen molar-refractivity contribution in [2.75, 3.05) is 19.7 Å². The summed E-state index contributed by atoms with van der Waals surface area (Å²) in [7, 11) is 0. The molecule has 0 aliphatic rings. The Morgan fingerprint density at radius 3 is 2.78 bits per heavy atom. The molecule has 1 unspecified atom stereocenters. The fourth-order valence-corrected chi connectivity index (χ4v) is 1.74. The number of nitrogens with one attached hydrogen (secondary N) is 1. The van der Waals surface area contributed by atoms with Crippen molar-refractivity contribution >= 4 is 0 Å². The van der Waals surface area contributed by atoms with Crippen LogP contribution in [0.25, 0.3) is 0 Å². The van der Waals surface area contributed by atoms with E-state index in [1.807, 2.05) is 19.9 Å². The van der Waals surface area contributed by atoms with Gasteiger partial charge in [0, 0.05) is 11.8 Å². The van der Waals surface area contributed by atoms with Crippen molar-refractivity contribution in [1.82, 2.24) is 10.3 Å². The highest BCUT2D eigenvalue weighted by Crippen LogP contribution is 2.26. The normalized spacial score (nSPS) is 14.2. The Kier molecular flexibility index (Phi) is 6.09. The molecular weight excluding hydrogens is 228 g/mol. The summed E-state index contributed by atoms with van der Waals surface area (Å²) in [5.74, 6) is 0.705. The molecule has 0 saturated heterocycles. The molecule has 1 aromatic heterocycles. The molecule has 0 amide bonds. The van der Waals surface area contributed by atoms with Crippen LogP contribution in [0.3, 0.4) is 0 Å². The molecule has 1 atom stereocenters. The lowest BCUT2D eigenvalue weighted by Gasteiger charge is -2.24. The van der Waals surface area contributed by atoms with Crippen molar-refractivity contribution < 1.29 is 9.84 Å². The molecule has 1 rings (SSSR count). The summed E-state index contributed by atoms with van der Waals surface area (Å²) in [6, 6.07) is 1.86. The zero-order valence-corrected chi connectivity index (χ0v) is 11.6. The summed E-state index contributed by atoms with van der Waals surface area (Å²) in [6.07, 6.45) is 5.12. The molecule has 1 aromatic rings. The van der Waals surface area contributed by atoms with Crippen LogP contribution in [0.5, 0.6) is 5.75 Å². The third kappa shape index (κ3) is 4.63. The van der Waals surface area contributed by atoms with Crippen LogP contribution in [0.1, 0.15) is 39.2 Å². The van der Waals surface area contributed by atoms with Gasteiger partial charge in [0.1, 0.15) is 5.75 Å². The van der Waals surface area contributed by atoms with Gasteiger partial charge in [-0.3, -0.25) is 4.98 Å². The van der Waals surface area contributed by atoms with E-state index in [1.165, 1.54) is 0 Å². The Labute approximate surface area is 109 Å². The van der Waals surface area contributed by atoms with Gasteiger partial charge in [-0.15, -0.1) is 0 Å². The molecule has 0 bridgehead atoms. The number of aromatic nitrogens is 1. The molecule has 4 nitrogen and oxygen atoms in total. The van der Waals surface area contributed by atoms with Gasteiger partial charge in [0.05, 0.1) is 18.4 Å². The van der Waals surface area contributed by atoms with Crippen LogP contribution in [-0.4, -0.2) is 29.8 Å². The van der Waals surface area contributed by atoms with E-state index >= 15 is 0 Å². The Balaban J connectivity index is 2.62. The van der Waals surface area contributed by atoms with Crippen LogP contribution >= 0.6 is 0 Å². The number of pyridine rings is 1. The molecule has 0 aliphatic carbocycles. The Morgan fingerprint density at radius 1 is 1.33 bits per heavy atom. The van der Waals surface area contributed by atoms with E-state index in [0.717, 1.165) is 25.1 Å². The van der Waals surface area contributed by atoms with E-state index in [0.29, 0.717) is 18.8 Å². The van der Waals surface area contributed by atoms with Crippen molar-refractivity contribution in [2.24, 2.45) is 0 Å². The Morgan fingerprint density at radius 2 is 2.11 bits per heavy atom. The third-order valence-corrected chi connectivity index (χ3v) is 2.86. The van der Waals surface area contributed by atoms with Gasteiger partial charge >= 0.3 is 0 Å². The molecule has 4 heteroatoms. The van der Waals surface area contributed by atoms with Gasteiger partial charge < -0.3 is 15.2 Å². The molecule has 0 saturated carbocycles. The van der Waals surface area contributed by atoms with Crippen LogP contribution in [0, 0.1) is 0 Å². The molecule has 0 spiro atoms. The van der Waals surface area contributed by atoms with Gasteiger partial charge in [0.2, 0.25) is 0 Å². The highest BCUT2D eigenvalue weighted by molar-refractivity contribution is 5.27. The van der Waals surface area contributed by atoms with E-state index in [-0.39, 0.29) is 0 Å². The average Bonchev–Trinajstić information content (AvgIpc) is 2.36. The first-order valence-electron chi connectivity index (χ1n) is 6.61. The minimum Gasteiger partial charge on any atom is -0.492 e. The van der Waals surface area contributed by atoms with E-state index in [9.17, 15) is 5.11 Å². The van der Waals surface area contributed by atoms with Crippen molar-refractivity contribution in [2.45, 2.75) is 39.2 Å². The third-order valence-electron chi connectivity index (χ3n) is 2.86. The van der Waals surface area contributed by atoms with Crippen LogP contribution in [0.4, 0.5) is 0 Å². The predicted molar refractivity (Wildman–Crippen MR) is 72.8 cm³/mol. The van der Waals surface area contributed by atoms with E-state index in [4.69, 9.17) is 4.74 Å². The van der Waals surface area contributed by atoms with Gasteiger partial charge in [-0.05, 0) is 45.8 Å². The highest BCUT2D eigenvalue weighted by atomic mass is 16.5. The van der Waals surface area contributed by atoms with Crippen LogP contribution < -0.4 is 10.1 Å². The van der Waals surface area contributed by atoms with Gasteiger partial charge in [-0.2, -0.15) is 0 Å². The molecule has 18 heavy (non-hydrogen) atoms. The minimum absolute atomic E-state index is 0.603. The number of nitrogens with zero attached hydrogens (tertiary/aromatic N) is 1. The zero-order valence-electron chi connectivity index (χ0n) is 11.6. The fourth-order valence-electron chi connectivity index (χ4n) is 1.74. The summed E-state index contributed by atoms with van der Waals surface area (Å²) < 4.78 is 5.40. The Bertz CT molecular complexity index is 353. The van der Waals surface area contributed by atoms with Crippen LogP contribution in [0.2, 0.25) is 0 Å². The first-order chi connectivity index (χ1) is 8.60. The average molecular weight is 252 g/mol. The molecule has 0 aromatic carbocycles. The molecule has 102 valence electrons. The number of hydrogen-bond donors (Lipinski definition) is 2. The minimum atomic E-state index is -0.874. The Hall–Kier alpha value is -1.13. The summed E-state index contributed by atoms with van der Waals surface area (Å²) in [6.45, 7) is 8.24. The number of aliphatic hydroxyl groups is 1. The molecule has 0 fully saturated rings. The molecule has 0 aliphatic heterocycles. The lowest BCUT2D eigenvalue weighted by molar-refractivity contribution is 0.0474. The van der Waals surface area contributed by atoms with Gasteiger partial charge in [-0.25, -0.2) is 0 Å². The monoisotopic (exact) mass is 252 g/mol. The summed E-state index contributed by atoms with van der Waals surface area (Å²) in [5, 5.41) is 13.7. The second-order valence-corrected chi connectivity index (χ2v) is 4.62. The maximum atomic E-state index is 10.4. The van der Waals surface area contributed by atoms with Crippen molar-refractivity contribution in [3.8, 4) is 5.75 Å². The number of hydrogen-bond acceptors (Lipinski definition) is 4.